The average molecular weight is 217 g/mol. The third kappa shape index (κ3) is 1.99. The maximum atomic E-state index is 13.5. The highest BCUT2D eigenvalue weighted by Gasteiger charge is 2.12. The Balaban J connectivity index is 2.61. The van der Waals surface area contributed by atoms with Gasteiger partial charge in [0.1, 0.15) is 0 Å². The Morgan fingerprint density at radius 3 is 2.67 bits per heavy atom. The van der Waals surface area contributed by atoms with Gasteiger partial charge in [0.2, 0.25) is 5.95 Å². The Morgan fingerprint density at radius 1 is 1.13 bits per heavy atom. The van der Waals surface area contributed by atoms with Gasteiger partial charge < -0.3 is 3.79 Å². The molecular weight excluding hydrogens is 210 g/mol. The van der Waals surface area contributed by atoms with Crippen LogP contribution in [0.15, 0.2) is 36.7 Å². The van der Waals surface area contributed by atoms with E-state index in [9.17, 15) is 4.39 Å². The van der Waals surface area contributed by atoms with Gasteiger partial charge in [-0.2, -0.15) is 4.39 Å². The van der Waals surface area contributed by atoms with E-state index >= 15 is 0 Å². The Kier molecular flexibility index (Phi) is 2.95. The first-order chi connectivity index (χ1) is 7.33. The molecular formula is C10H7AlFN2O. The molecule has 0 N–H and O–H groups in total. The van der Waals surface area contributed by atoms with E-state index in [1.165, 1.54) is 22.8 Å². The SMILES string of the molecule is Fc1nccc([O][AlH])c1-c1ccccn1. The summed E-state index contributed by atoms with van der Waals surface area (Å²) in [6, 6.07) is 6.88. The van der Waals surface area contributed by atoms with Crippen molar-refractivity contribution in [2.75, 3.05) is 0 Å². The Labute approximate surface area is 94.7 Å². The van der Waals surface area contributed by atoms with Crippen molar-refractivity contribution in [2.45, 2.75) is 0 Å². The van der Waals surface area contributed by atoms with Gasteiger partial charge in [-0.3, -0.25) is 4.98 Å². The fraction of sp³-hybridized carbons (Fsp3) is 0. The number of pyridine rings is 2. The molecule has 0 unspecified atom stereocenters. The number of hydrogen-bond donors (Lipinski definition) is 0. The first-order valence-corrected chi connectivity index (χ1v) is 4.88. The Morgan fingerprint density at radius 2 is 2.00 bits per heavy atom. The summed E-state index contributed by atoms with van der Waals surface area (Å²) in [6.45, 7) is 0. The second-order valence-electron chi connectivity index (χ2n) is 2.83. The zero-order valence-electron chi connectivity index (χ0n) is 7.85. The summed E-state index contributed by atoms with van der Waals surface area (Å²) < 4.78 is 18.6. The summed E-state index contributed by atoms with van der Waals surface area (Å²) in [5, 5.41) is 0. The minimum atomic E-state index is -0.571. The monoisotopic (exact) mass is 217 g/mol. The molecule has 15 heavy (non-hydrogen) atoms. The molecule has 0 saturated carbocycles. The lowest BCUT2D eigenvalue weighted by atomic mass is 10.1. The van der Waals surface area contributed by atoms with E-state index in [-0.39, 0.29) is 0 Å². The maximum absolute atomic E-state index is 13.5. The molecule has 0 spiro atoms. The van der Waals surface area contributed by atoms with Crippen LogP contribution < -0.4 is 3.79 Å². The second kappa shape index (κ2) is 4.39. The van der Waals surface area contributed by atoms with Crippen molar-refractivity contribution in [2.24, 2.45) is 0 Å². The largest absolute Gasteiger partial charge is 0.650 e. The van der Waals surface area contributed by atoms with E-state index in [4.69, 9.17) is 3.79 Å². The first-order valence-electron chi connectivity index (χ1n) is 4.31. The second-order valence-corrected chi connectivity index (χ2v) is 3.12. The number of aromatic nitrogens is 2. The topological polar surface area (TPSA) is 35.0 Å². The highest BCUT2D eigenvalue weighted by molar-refractivity contribution is 6.00. The van der Waals surface area contributed by atoms with Crippen LogP contribution in [0.5, 0.6) is 5.75 Å². The lowest BCUT2D eigenvalue weighted by molar-refractivity contribution is 0.562. The van der Waals surface area contributed by atoms with E-state index in [1.54, 1.807) is 30.5 Å². The van der Waals surface area contributed by atoms with Crippen molar-refractivity contribution in [1.29, 1.82) is 0 Å². The van der Waals surface area contributed by atoms with Gasteiger partial charge in [-0.15, -0.1) is 0 Å². The summed E-state index contributed by atoms with van der Waals surface area (Å²) in [6.07, 6.45) is 2.97. The van der Waals surface area contributed by atoms with Gasteiger partial charge >= 0.3 is 16.6 Å². The number of halogens is 1. The predicted molar refractivity (Wildman–Crippen MR) is 55.2 cm³/mol. The lowest BCUT2D eigenvalue weighted by Crippen LogP contribution is -1.96. The quantitative estimate of drug-likeness (QED) is 0.564. The van der Waals surface area contributed by atoms with Crippen LogP contribution in [-0.2, 0) is 0 Å². The fourth-order valence-corrected chi connectivity index (χ4v) is 1.52. The molecule has 0 saturated heterocycles. The van der Waals surface area contributed by atoms with Crippen LogP contribution in [0, 0.1) is 5.95 Å². The molecule has 0 aromatic carbocycles. The molecule has 0 aliphatic heterocycles. The van der Waals surface area contributed by atoms with Gasteiger partial charge in [0.15, 0.2) is 0 Å². The highest BCUT2D eigenvalue weighted by atomic mass is 27.1. The summed E-state index contributed by atoms with van der Waals surface area (Å²) in [7, 11) is 0. The van der Waals surface area contributed by atoms with E-state index in [0.717, 1.165) is 0 Å². The summed E-state index contributed by atoms with van der Waals surface area (Å²) in [4.78, 5) is 7.64. The average Bonchev–Trinajstić information content (AvgIpc) is 2.29. The molecule has 0 amide bonds. The van der Waals surface area contributed by atoms with E-state index in [0.29, 0.717) is 17.0 Å². The molecule has 0 atom stereocenters. The number of hydrogen-bond acceptors (Lipinski definition) is 3. The summed E-state index contributed by atoms with van der Waals surface area (Å²) in [5.74, 6) is -0.127. The van der Waals surface area contributed by atoms with Crippen LogP contribution in [-0.4, -0.2) is 26.6 Å². The number of rotatable bonds is 2. The van der Waals surface area contributed by atoms with E-state index < -0.39 is 5.95 Å². The van der Waals surface area contributed by atoms with Gasteiger partial charge in [-0.05, 0) is 18.2 Å². The van der Waals surface area contributed by atoms with Crippen molar-refractivity contribution in [3.8, 4) is 17.0 Å². The smallest absolute Gasteiger partial charge is 0.494 e. The maximum Gasteiger partial charge on any atom is 0.494 e. The zero-order valence-corrected chi connectivity index (χ0v) is 9.27. The van der Waals surface area contributed by atoms with Crippen LogP contribution in [0.2, 0.25) is 0 Å². The van der Waals surface area contributed by atoms with Crippen LogP contribution in [0.25, 0.3) is 11.3 Å². The van der Waals surface area contributed by atoms with Gasteiger partial charge in [0.25, 0.3) is 0 Å². The molecule has 5 heteroatoms. The molecule has 0 fully saturated rings. The lowest BCUT2D eigenvalue weighted by Gasteiger charge is -2.09. The molecule has 1 radical (unpaired) electrons. The summed E-state index contributed by atoms with van der Waals surface area (Å²) in [5.41, 5.74) is 0.817. The highest BCUT2D eigenvalue weighted by Crippen LogP contribution is 2.29. The minimum absolute atomic E-state index is 0.299. The number of nitrogens with zero attached hydrogens (tertiary/aromatic N) is 2. The molecule has 0 aliphatic carbocycles. The van der Waals surface area contributed by atoms with Gasteiger partial charge in [0.05, 0.1) is 17.0 Å². The molecule has 2 aromatic rings. The standard InChI is InChI=1S/C10H7FN2O.Al.H/c11-10-9(8(14)4-6-13-10)7-3-1-2-5-12-7;;/h1-6H,(H,13,14);;/q;+1;/p-1. The Hall–Kier alpha value is -1.44. The molecule has 2 heterocycles. The van der Waals surface area contributed by atoms with Crippen LogP contribution >= 0.6 is 0 Å². The van der Waals surface area contributed by atoms with Crippen LogP contribution in [0.1, 0.15) is 0 Å². The van der Waals surface area contributed by atoms with Crippen LogP contribution in [0.3, 0.4) is 0 Å². The van der Waals surface area contributed by atoms with Gasteiger partial charge in [0, 0.05) is 12.4 Å². The van der Waals surface area contributed by atoms with Crippen molar-refractivity contribution in [3.63, 3.8) is 0 Å². The zero-order chi connectivity index (χ0) is 10.7. The molecule has 73 valence electrons. The third-order valence-electron chi connectivity index (χ3n) is 1.94. The van der Waals surface area contributed by atoms with Crippen molar-refractivity contribution < 1.29 is 8.18 Å². The van der Waals surface area contributed by atoms with E-state index in [1.807, 2.05) is 0 Å². The van der Waals surface area contributed by atoms with Gasteiger partial charge in [-0.25, -0.2) is 4.98 Å². The Bertz CT molecular complexity index is 464. The molecule has 2 aromatic heterocycles. The molecule has 0 bridgehead atoms. The fourth-order valence-electron chi connectivity index (χ4n) is 1.28. The summed E-state index contributed by atoms with van der Waals surface area (Å²) >= 11 is 1.29. The molecule has 2 rings (SSSR count). The van der Waals surface area contributed by atoms with Gasteiger partial charge in [-0.1, -0.05) is 6.07 Å². The normalized spacial score (nSPS) is 9.93. The molecule has 0 aliphatic rings. The third-order valence-corrected chi connectivity index (χ3v) is 2.25. The van der Waals surface area contributed by atoms with Crippen molar-refractivity contribution in [1.82, 2.24) is 9.97 Å². The minimum Gasteiger partial charge on any atom is -0.650 e. The van der Waals surface area contributed by atoms with Crippen LogP contribution in [0.4, 0.5) is 4.39 Å². The molecule has 3 nitrogen and oxygen atoms in total. The van der Waals surface area contributed by atoms with E-state index in [2.05, 4.69) is 9.97 Å². The predicted octanol–water partition coefficient (Wildman–Crippen LogP) is 1.48. The van der Waals surface area contributed by atoms with Crippen molar-refractivity contribution >= 4 is 16.6 Å². The first kappa shape index (κ1) is 10.1. The van der Waals surface area contributed by atoms with Crippen molar-refractivity contribution in [3.05, 3.63) is 42.6 Å².